The number of benzene rings is 2. The fraction of sp³-hybridized carbons (Fsp3) is 0.211. The Labute approximate surface area is 148 Å². The summed E-state index contributed by atoms with van der Waals surface area (Å²) in [5, 5.41) is 7.35. The summed E-state index contributed by atoms with van der Waals surface area (Å²) in [6.45, 7) is 1.98. The zero-order valence-corrected chi connectivity index (χ0v) is 14.1. The number of halogens is 2. The maximum absolute atomic E-state index is 13.3. The van der Waals surface area contributed by atoms with Crippen molar-refractivity contribution in [1.29, 1.82) is 0 Å². The summed E-state index contributed by atoms with van der Waals surface area (Å²) in [6, 6.07) is 10.1. The summed E-state index contributed by atoms with van der Waals surface area (Å²) in [7, 11) is 0. The fourth-order valence-corrected chi connectivity index (χ4v) is 2.73. The van der Waals surface area contributed by atoms with E-state index in [0.717, 1.165) is 12.1 Å². The van der Waals surface area contributed by atoms with Crippen molar-refractivity contribution in [3.05, 3.63) is 76.1 Å². The summed E-state index contributed by atoms with van der Waals surface area (Å²) >= 11 is 0. The summed E-state index contributed by atoms with van der Waals surface area (Å²) in [5.74, 6) is -2.14. The van der Waals surface area contributed by atoms with Gasteiger partial charge in [-0.05, 0) is 36.8 Å². The van der Waals surface area contributed by atoms with Gasteiger partial charge in [-0.25, -0.2) is 8.78 Å². The van der Waals surface area contributed by atoms with Crippen LogP contribution < -0.4 is 10.7 Å². The lowest BCUT2D eigenvalue weighted by Crippen LogP contribution is -2.28. The second kappa shape index (κ2) is 7.43. The van der Waals surface area contributed by atoms with Gasteiger partial charge in [0.1, 0.15) is 0 Å². The van der Waals surface area contributed by atoms with Crippen LogP contribution in [0.4, 0.5) is 8.78 Å². The molecule has 0 bridgehead atoms. The van der Waals surface area contributed by atoms with E-state index in [9.17, 15) is 18.4 Å². The molecule has 1 atom stereocenters. The molecule has 1 N–H and O–H groups in total. The van der Waals surface area contributed by atoms with Gasteiger partial charge in [0.2, 0.25) is 11.3 Å². The van der Waals surface area contributed by atoms with Gasteiger partial charge < -0.3 is 5.32 Å². The number of amides is 1. The van der Waals surface area contributed by atoms with Crippen molar-refractivity contribution in [2.45, 2.75) is 25.9 Å². The quantitative estimate of drug-likeness (QED) is 0.764. The molecule has 2 aromatic carbocycles. The lowest BCUT2D eigenvalue weighted by molar-refractivity contribution is -0.122. The van der Waals surface area contributed by atoms with Gasteiger partial charge in [0.05, 0.1) is 24.3 Å². The Morgan fingerprint density at radius 2 is 1.96 bits per heavy atom. The number of hydrogen-bond acceptors (Lipinski definition) is 3. The summed E-state index contributed by atoms with van der Waals surface area (Å²) in [4.78, 5) is 24.0. The second-order valence-electron chi connectivity index (χ2n) is 5.96. The highest BCUT2D eigenvalue weighted by atomic mass is 19.2. The van der Waals surface area contributed by atoms with E-state index < -0.39 is 17.7 Å². The molecular weight excluding hydrogens is 340 g/mol. The van der Waals surface area contributed by atoms with Crippen LogP contribution in [0.15, 0.2) is 53.5 Å². The SMILES string of the molecule is CC(NC(=O)CCn1ncc(=O)c2ccccc21)c1ccc(F)c(F)c1. The maximum Gasteiger partial charge on any atom is 0.222 e. The van der Waals surface area contributed by atoms with Crippen LogP contribution in [-0.4, -0.2) is 15.7 Å². The minimum absolute atomic E-state index is 0.133. The Bertz CT molecular complexity index is 1020. The van der Waals surface area contributed by atoms with Gasteiger partial charge >= 0.3 is 0 Å². The molecule has 134 valence electrons. The highest BCUT2D eigenvalue weighted by Gasteiger charge is 2.13. The Kier molecular flexibility index (Phi) is 5.06. The molecule has 0 fully saturated rings. The molecule has 5 nitrogen and oxygen atoms in total. The van der Waals surface area contributed by atoms with Crippen molar-refractivity contribution >= 4 is 16.8 Å². The first kappa shape index (κ1) is 17.7. The predicted molar refractivity (Wildman–Crippen MR) is 93.5 cm³/mol. The molecular formula is C19H17F2N3O2. The zero-order valence-electron chi connectivity index (χ0n) is 14.1. The van der Waals surface area contributed by atoms with E-state index in [1.807, 2.05) is 0 Å². The number of hydrogen-bond donors (Lipinski definition) is 1. The van der Waals surface area contributed by atoms with E-state index in [1.54, 1.807) is 35.9 Å². The van der Waals surface area contributed by atoms with Crippen molar-refractivity contribution in [3.8, 4) is 0 Å². The molecule has 1 unspecified atom stereocenters. The molecule has 1 amide bonds. The van der Waals surface area contributed by atoms with Gasteiger partial charge in [0.15, 0.2) is 11.6 Å². The number of rotatable bonds is 5. The number of aryl methyl sites for hydroxylation is 1. The highest BCUT2D eigenvalue weighted by Crippen LogP contribution is 2.16. The number of aromatic nitrogens is 2. The lowest BCUT2D eigenvalue weighted by Gasteiger charge is -2.15. The molecule has 1 aromatic heterocycles. The molecule has 0 spiro atoms. The average Bonchev–Trinajstić information content (AvgIpc) is 2.63. The third kappa shape index (κ3) is 3.77. The third-order valence-electron chi connectivity index (χ3n) is 4.13. The van der Waals surface area contributed by atoms with Crippen molar-refractivity contribution in [2.75, 3.05) is 0 Å². The zero-order chi connectivity index (χ0) is 18.7. The smallest absolute Gasteiger partial charge is 0.222 e. The van der Waals surface area contributed by atoms with Crippen LogP contribution >= 0.6 is 0 Å². The van der Waals surface area contributed by atoms with Gasteiger partial charge in [-0.3, -0.25) is 14.3 Å². The van der Waals surface area contributed by atoms with Crippen molar-refractivity contribution in [3.63, 3.8) is 0 Å². The molecule has 0 saturated carbocycles. The van der Waals surface area contributed by atoms with Crippen LogP contribution in [0.5, 0.6) is 0 Å². The van der Waals surface area contributed by atoms with Crippen LogP contribution in [0.25, 0.3) is 10.9 Å². The molecule has 3 aromatic rings. The van der Waals surface area contributed by atoms with Crippen LogP contribution in [0, 0.1) is 11.6 Å². The van der Waals surface area contributed by atoms with Crippen molar-refractivity contribution in [2.24, 2.45) is 0 Å². The molecule has 0 aliphatic rings. The number of nitrogens with zero attached hydrogens (tertiary/aromatic N) is 2. The largest absolute Gasteiger partial charge is 0.350 e. The molecule has 7 heteroatoms. The first-order valence-electron chi connectivity index (χ1n) is 8.15. The van der Waals surface area contributed by atoms with Gasteiger partial charge in [0.25, 0.3) is 0 Å². The molecule has 26 heavy (non-hydrogen) atoms. The number of carbonyl (C=O) groups excluding carboxylic acids is 1. The first-order chi connectivity index (χ1) is 12.5. The van der Waals surface area contributed by atoms with Crippen LogP contribution in [0.2, 0.25) is 0 Å². The van der Waals surface area contributed by atoms with E-state index in [2.05, 4.69) is 10.4 Å². The predicted octanol–water partition coefficient (Wildman–Crippen LogP) is 2.94. The van der Waals surface area contributed by atoms with Crippen LogP contribution in [-0.2, 0) is 11.3 Å². The second-order valence-corrected chi connectivity index (χ2v) is 5.96. The molecule has 0 saturated heterocycles. The van der Waals surface area contributed by atoms with E-state index in [0.29, 0.717) is 16.5 Å². The van der Waals surface area contributed by atoms with E-state index >= 15 is 0 Å². The molecule has 3 rings (SSSR count). The fourth-order valence-electron chi connectivity index (χ4n) is 2.73. The molecule has 1 heterocycles. The van der Waals surface area contributed by atoms with Gasteiger partial charge in [-0.2, -0.15) is 5.10 Å². The van der Waals surface area contributed by atoms with E-state index in [-0.39, 0.29) is 24.3 Å². The van der Waals surface area contributed by atoms with Crippen molar-refractivity contribution in [1.82, 2.24) is 15.1 Å². The van der Waals surface area contributed by atoms with Gasteiger partial charge in [-0.15, -0.1) is 0 Å². The van der Waals surface area contributed by atoms with E-state index in [4.69, 9.17) is 0 Å². The minimum atomic E-state index is -0.951. The number of nitrogens with one attached hydrogen (secondary N) is 1. The standard InChI is InChI=1S/C19H17F2N3O2/c1-12(13-6-7-15(20)16(21)10-13)23-19(26)8-9-24-17-5-3-2-4-14(17)18(25)11-22-24/h2-7,10-12H,8-9H2,1H3,(H,23,26). The average molecular weight is 357 g/mol. The number of carbonyl (C=O) groups is 1. The monoisotopic (exact) mass is 357 g/mol. The molecule has 0 radical (unpaired) electrons. The lowest BCUT2D eigenvalue weighted by atomic mass is 10.1. The van der Waals surface area contributed by atoms with Crippen LogP contribution in [0.1, 0.15) is 24.9 Å². The van der Waals surface area contributed by atoms with Gasteiger partial charge in [0, 0.05) is 11.8 Å². The van der Waals surface area contributed by atoms with Crippen LogP contribution in [0.3, 0.4) is 0 Å². The summed E-state index contributed by atoms with van der Waals surface area (Å²) < 4.78 is 27.9. The third-order valence-corrected chi connectivity index (χ3v) is 4.13. The normalized spacial score (nSPS) is 12.1. The summed E-state index contributed by atoms with van der Waals surface area (Å²) in [6.07, 6.45) is 1.36. The molecule has 0 aliphatic heterocycles. The minimum Gasteiger partial charge on any atom is -0.350 e. The van der Waals surface area contributed by atoms with E-state index in [1.165, 1.54) is 12.3 Å². The Hall–Kier alpha value is -3.09. The molecule has 0 aliphatic carbocycles. The Morgan fingerprint density at radius 1 is 1.19 bits per heavy atom. The first-order valence-corrected chi connectivity index (χ1v) is 8.15. The number of fused-ring (bicyclic) bond motifs is 1. The number of para-hydroxylation sites is 1. The summed E-state index contributed by atoms with van der Waals surface area (Å²) in [5.41, 5.74) is 0.957. The van der Waals surface area contributed by atoms with Crippen molar-refractivity contribution < 1.29 is 13.6 Å². The Morgan fingerprint density at radius 3 is 2.73 bits per heavy atom. The Balaban J connectivity index is 1.67. The van der Waals surface area contributed by atoms with Gasteiger partial charge in [-0.1, -0.05) is 18.2 Å². The highest BCUT2D eigenvalue weighted by molar-refractivity contribution is 5.79. The maximum atomic E-state index is 13.3. The topological polar surface area (TPSA) is 64.0 Å².